The van der Waals surface area contributed by atoms with E-state index < -0.39 is 5.95 Å². The van der Waals surface area contributed by atoms with Gasteiger partial charge in [-0.25, -0.2) is 15.0 Å². The third-order valence-electron chi connectivity index (χ3n) is 2.55. The van der Waals surface area contributed by atoms with Crippen LogP contribution in [0, 0.1) is 17.8 Å². The van der Waals surface area contributed by atoms with Gasteiger partial charge in [-0.3, -0.25) is 0 Å². The van der Waals surface area contributed by atoms with Crippen molar-refractivity contribution >= 4 is 27.5 Å². The predicted octanol–water partition coefficient (Wildman–Crippen LogP) is 2.67. The first-order chi connectivity index (χ1) is 9.74. The Bertz CT molecular complexity index is 815. The number of nitrogens with zero attached hydrogens (tertiary/aromatic N) is 3. The number of nitrogens with one attached hydrogen (secondary N) is 1. The van der Waals surface area contributed by atoms with Crippen molar-refractivity contribution in [3.05, 3.63) is 47.0 Å². The first kappa shape index (κ1) is 12.5. The maximum Gasteiger partial charge on any atom is 0.214 e. The molecule has 0 atom stereocenters. The van der Waals surface area contributed by atoms with Crippen LogP contribution in [-0.2, 0) is 0 Å². The number of thiazole rings is 1. The maximum atomic E-state index is 13.0. The van der Waals surface area contributed by atoms with E-state index in [-0.39, 0.29) is 0 Å². The average Bonchev–Trinajstić information content (AvgIpc) is 2.87. The van der Waals surface area contributed by atoms with E-state index in [1.165, 1.54) is 17.4 Å². The van der Waals surface area contributed by atoms with E-state index in [0.717, 1.165) is 11.4 Å². The van der Waals surface area contributed by atoms with Crippen LogP contribution < -0.4 is 5.32 Å². The maximum absolute atomic E-state index is 13.0. The zero-order chi connectivity index (χ0) is 13.9. The Morgan fingerprint density at radius 3 is 2.80 bits per heavy atom. The normalized spacial score (nSPS) is 10.1. The molecule has 3 aromatic heterocycles. The summed E-state index contributed by atoms with van der Waals surface area (Å²) in [5.41, 5.74) is 1.45. The minimum atomic E-state index is -0.507. The lowest BCUT2D eigenvalue weighted by Gasteiger charge is -1.96. The molecule has 98 valence electrons. The summed E-state index contributed by atoms with van der Waals surface area (Å²) in [7, 11) is 1.81. The van der Waals surface area contributed by atoms with Crippen LogP contribution >= 0.6 is 11.3 Å². The van der Waals surface area contributed by atoms with Gasteiger partial charge in [-0.05, 0) is 30.2 Å². The van der Waals surface area contributed by atoms with Crippen molar-refractivity contribution in [3.8, 4) is 11.8 Å². The van der Waals surface area contributed by atoms with Crippen molar-refractivity contribution in [2.45, 2.75) is 0 Å². The Morgan fingerprint density at radius 1 is 1.15 bits per heavy atom. The average molecular weight is 284 g/mol. The summed E-state index contributed by atoms with van der Waals surface area (Å²) in [5, 5.41) is 3.54. The van der Waals surface area contributed by atoms with Gasteiger partial charge in [0.05, 0.1) is 0 Å². The number of anilines is 1. The van der Waals surface area contributed by atoms with Crippen LogP contribution in [0.3, 0.4) is 0 Å². The molecule has 0 fully saturated rings. The first-order valence-electron chi connectivity index (χ1n) is 5.83. The molecule has 3 heterocycles. The molecule has 0 saturated heterocycles. The minimum Gasteiger partial charge on any atom is -0.373 e. The fraction of sp³-hybridized carbons (Fsp3) is 0.0714. The van der Waals surface area contributed by atoms with Crippen LogP contribution in [0.1, 0.15) is 10.6 Å². The molecule has 0 bridgehead atoms. The van der Waals surface area contributed by atoms with Crippen molar-refractivity contribution in [1.82, 2.24) is 15.0 Å². The van der Waals surface area contributed by atoms with Crippen LogP contribution in [0.25, 0.3) is 10.3 Å². The highest BCUT2D eigenvalue weighted by atomic mass is 32.1. The van der Waals surface area contributed by atoms with Crippen molar-refractivity contribution < 1.29 is 4.39 Å². The summed E-state index contributed by atoms with van der Waals surface area (Å²) in [4.78, 5) is 12.8. The number of rotatable bonds is 1. The third kappa shape index (κ3) is 2.58. The molecule has 0 amide bonds. The second kappa shape index (κ2) is 5.23. The van der Waals surface area contributed by atoms with E-state index in [9.17, 15) is 4.39 Å². The molecule has 6 heteroatoms. The van der Waals surface area contributed by atoms with Gasteiger partial charge in [-0.15, -0.1) is 0 Å². The molecule has 0 radical (unpaired) electrons. The smallest absolute Gasteiger partial charge is 0.214 e. The lowest BCUT2D eigenvalue weighted by molar-refractivity contribution is 0.589. The number of halogens is 1. The Hall–Kier alpha value is -2.52. The highest BCUT2D eigenvalue weighted by molar-refractivity contribution is 7.18. The van der Waals surface area contributed by atoms with E-state index in [1.54, 1.807) is 19.3 Å². The van der Waals surface area contributed by atoms with Crippen LogP contribution in [-0.4, -0.2) is 22.0 Å². The summed E-state index contributed by atoms with van der Waals surface area (Å²) in [6.45, 7) is 0. The summed E-state index contributed by atoms with van der Waals surface area (Å²) >= 11 is 1.27. The van der Waals surface area contributed by atoms with Crippen molar-refractivity contribution in [3.63, 3.8) is 0 Å². The van der Waals surface area contributed by atoms with Crippen LogP contribution in [0.2, 0.25) is 0 Å². The molecule has 3 aromatic rings. The number of fused-ring (bicyclic) bond motifs is 1. The lowest BCUT2D eigenvalue weighted by atomic mass is 10.3. The molecule has 0 aromatic carbocycles. The van der Waals surface area contributed by atoms with Gasteiger partial charge in [0.1, 0.15) is 16.2 Å². The zero-order valence-corrected chi connectivity index (χ0v) is 11.3. The number of hydrogen-bond acceptors (Lipinski definition) is 5. The topological polar surface area (TPSA) is 50.7 Å². The quantitative estimate of drug-likeness (QED) is 0.551. The third-order valence-corrected chi connectivity index (χ3v) is 3.44. The summed E-state index contributed by atoms with van der Waals surface area (Å²) in [6.07, 6.45) is 1.68. The van der Waals surface area contributed by atoms with E-state index in [4.69, 9.17) is 0 Å². The van der Waals surface area contributed by atoms with Crippen molar-refractivity contribution in [2.75, 3.05) is 12.4 Å². The molecule has 0 spiro atoms. The van der Waals surface area contributed by atoms with Gasteiger partial charge in [0, 0.05) is 18.8 Å². The molecule has 1 N–H and O–H groups in total. The van der Waals surface area contributed by atoms with Crippen LogP contribution in [0.4, 0.5) is 10.2 Å². The summed E-state index contributed by atoms with van der Waals surface area (Å²) in [6, 6.07) is 6.61. The van der Waals surface area contributed by atoms with Crippen molar-refractivity contribution in [2.24, 2.45) is 0 Å². The second-order valence-corrected chi connectivity index (χ2v) is 4.89. The number of pyridine rings is 2. The highest BCUT2D eigenvalue weighted by Gasteiger charge is 2.03. The van der Waals surface area contributed by atoms with Gasteiger partial charge in [-0.1, -0.05) is 17.3 Å². The lowest BCUT2D eigenvalue weighted by Crippen LogP contribution is -1.91. The summed E-state index contributed by atoms with van der Waals surface area (Å²) in [5.74, 6) is 6.20. The van der Waals surface area contributed by atoms with Gasteiger partial charge in [0.25, 0.3) is 0 Å². The molecule has 0 aliphatic carbocycles. The Morgan fingerprint density at radius 2 is 2.05 bits per heavy atom. The largest absolute Gasteiger partial charge is 0.373 e. The Kier molecular flexibility index (Phi) is 3.27. The molecule has 4 nitrogen and oxygen atoms in total. The molecule has 0 aliphatic rings. The van der Waals surface area contributed by atoms with Gasteiger partial charge >= 0.3 is 0 Å². The molecular weight excluding hydrogens is 275 g/mol. The van der Waals surface area contributed by atoms with E-state index >= 15 is 0 Å². The molecule has 20 heavy (non-hydrogen) atoms. The van der Waals surface area contributed by atoms with Crippen molar-refractivity contribution in [1.29, 1.82) is 0 Å². The molecule has 0 unspecified atom stereocenters. The van der Waals surface area contributed by atoms with E-state index in [1.807, 2.05) is 12.1 Å². The highest BCUT2D eigenvalue weighted by Crippen LogP contribution is 2.19. The molecule has 0 aliphatic heterocycles. The van der Waals surface area contributed by atoms with Crippen LogP contribution in [0.5, 0.6) is 0 Å². The van der Waals surface area contributed by atoms with E-state index in [0.29, 0.717) is 15.4 Å². The molecule has 0 saturated carbocycles. The first-order valence-corrected chi connectivity index (χ1v) is 6.65. The number of aromatic nitrogens is 3. The summed E-state index contributed by atoms with van der Waals surface area (Å²) < 4.78 is 13.0. The van der Waals surface area contributed by atoms with Gasteiger partial charge in [0.2, 0.25) is 5.95 Å². The monoisotopic (exact) mass is 284 g/mol. The van der Waals surface area contributed by atoms with Gasteiger partial charge in [-0.2, -0.15) is 4.39 Å². The standard InChI is InChI=1S/C14H9FN4S/c1-16-12-6-2-9(8-17-12)3-7-13-18-10-4-5-11(15)19-14(10)20-13/h2,4-6,8H,1H3,(H,16,17). The fourth-order valence-electron chi connectivity index (χ4n) is 1.59. The molecule has 3 rings (SSSR count). The Labute approximate surface area is 118 Å². The Balaban J connectivity index is 1.90. The fourth-order valence-corrected chi connectivity index (χ4v) is 2.37. The zero-order valence-electron chi connectivity index (χ0n) is 10.5. The van der Waals surface area contributed by atoms with E-state index in [2.05, 4.69) is 32.1 Å². The van der Waals surface area contributed by atoms with Gasteiger partial charge < -0.3 is 5.32 Å². The minimum absolute atomic E-state index is 0.507. The van der Waals surface area contributed by atoms with Gasteiger partial charge in [0.15, 0.2) is 5.01 Å². The molecular formula is C14H9FN4S. The number of hydrogen-bond donors (Lipinski definition) is 1. The predicted molar refractivity (Wildman–Crippen MR) is 77.1 cm³/mol. The second-order valence-electron chi connectivity index (χ2n) is 3.91. The SMILES string of the molecule is CNc1ccc(C#Cc2nc3ccc(F)nc3s2)cn1. The van der Waals surface area contributed by atoms with Crippen LogP contribution in [0.15, 0.2) is 30.5 Å².